The van der Waals surface area contributed by atoms with Gasteiger partial charge >= 0.3 is 11.9 Å². The van der Waals surface area contributed by atoms with Crippen molar-refractivity contribution in [3.05, 3.63) is 35.4 Å². The third kappa shape index (κ3) is 5.55. The molecule has 0 saturated heterocycles. The first-order valence-corrected chi connectivity index (χ1v) is 6.96. The highest BCUT2D eigenvalue weighted by molar-refractivity contribution is 5.86. The predicted molar refractivity (Wildman–Crippen MR) is 80.1 cm³/mol. The fourth-order valence-corrected chi connectivity index (χ4v) is 1.98. The van der Waals surface area contributed by atoms with Crippen LogP contribution < -0.4 is 5.32 Å². The lowest BCUT2D eigenvalue weighted by Crippen LogP contribution is -2.43. The predicted octanol–water partition coefficient (Wildman–Crippen LogP) is 1.15. The molecule has 1 rings (SSSR count). The first-order chi connectivity index (χ1) is 10.5. The summed E-state index contributed by atoms with van der Waals surface area (Å²) < 4.78 is 9.20. The summed E-state index contributed by atoms with van der Waals surface area (Å²) in [5.74, 6) is -1.38. The largest absolute Gasteiger partial charge is 0.469 e. The molecule has 0 unspecified atom stereocenters. The second-order valence-corrected chi connectivity index (χ2v) is 4.85. The molecule has 0 heterocycles. The minimum Gasteiger partial charge on any atom is -0.469 e. The van der Waals surface area contributed by atoms with Gasteiger partial charge in [-0.25, -0.2) is 4.79 Å². The number of methoxy groups -OCH3 is 2. The number of benzene rings is 1. The number of carbonyl (C=O) groups excluding carboxylic acids is 3. The van der Waals surface area contributed by atoms with E-state index in [-0.39, 0.29) is 12.8 Å². The van der Waals surface area contributed by atoms with Crippen molar-refractivity contribution in [3.8, 4) is 0 Å². The maximum Gasteiger partial charge on any atom is 0.328 e. The zero-order valence-electron chi connectivity index (χ0n) is 13.0. The molecule has 0 aromatic heterocycles. The summed E-state index contributed by atoms with van der Waals surface area (Å²) in [4.78, 5) is 34.7. The number of ether oxygens (including phenoxy) is 2. The fraction of sp³-hybridized carbons (Fsp3) is 0.438. The molecule has 0 aliphatic heterocycles. The molecule has 0 radical (unpaired) electrons. The van der Waals surface area contributed by atoms with E-state index in [0.29, 0.717) is 6.42 Å². The smallest absolute Gasteiger partial charge is 0.328 e. The molecule has 0 saturated carbocycles. The number of nitrogens with one attached hydrogen (secondary N) is 1. The fourth-order valence-electron chi connectivity index (χ4n) is 1.98. The Morgan fingerprint density at radius 1 is 1.09 bits per heavy atom. The third-order valence-corrected chi connectivity index (χ3v) is 3.29. The van der Waals surface area contributed by atoms with E-state index in [4.69, 9.17) is 4.74 Å². The van der Waals surface area contributed by atoms with E-state index >= 15 is 0 Å². The van der Waals surface area contributed by atoms with Crippen molar-refractivity contribution in [2.45, 2.75) is 32.2 Å². The molecule has 1 N–H and O–H groups in total. The summed E-state index contributed by atoms with van der Waals surface area (Å²) in [6, 6.07) is 6.82. The normalized spacial score (nSPS) is 11.4. The minimum atomic E-state index is -0.781. The Morgan fingerprint density at radius 2 is 1.77 bits per heavy atom. The van der Waals surface area contributed by atoms with Gasteiger partial charge < -0.3 is 14.8 Å². The van der Waals surface area contributed by atoms with Gasteiger partial charge in [0.15, 0.2) is 0 Å². The van der Waals surface area contributed by atoms with Crippen molar-refractivity contribution in [2.75, 3.05) is 14.2 Å². The van der Waals surface area contributed by atoms with E-state index in [2.05, 4.69) is 10.1 Å². The lowest BCUT2D eigenvalue weighted by molar-refractivity contribution is -0.145. The first-order valence-electron chi connectivity index (χ1n) is 6.96. The molecule has 22 heavy (non-hydrogen) atoms. The zero-order valence-corrected chi connectivity index (χ0v) is 13.0. The van der Waals surface area contributed by atoms with Gasteiger partial charge in [-0.05, 0) is 18.1 Å². The highest BCUT2D eigenvalue weighted by Crippen LogP contribution is 2.11. The van der Waals surface area contributed by atoms with Gasteiger partial charge in [0.25, 0.3) is 0 Å². The van der Waals surface area contributed by atoms with E-state index < -0.39 is 23.9 Å². The highest BCUT2D eigenvalue weighted by atomic mass is 16.5. The van der Waals surface area contributed by atoms with Gasteiger partial charge in [-0.3, -0.25) is 9.59 Å². The molecule has 0 aliphatic carbocycles. The van der Waals surface area contributed by atoms with Crippen LogP contribution in [0.1, 0.15) is 24.0 Å². The van der Waals surface area contributed by atoms with Gasteiger partial charge in [-0.15, -0.1) is 0 Å². The van der Waals surface area contributed by atoms with Crippen LogP contribution >= 0.6 is 0 Å². The second kappa shape index (κ2) is 8.81. The standard InChI is InChI=1S/C16H21NO5/c1-11-6-4-5-7-12(11)10-13(16(20)22-3)17-14(18)8-9-15(19)21-2/h4-7,13H,8-10H2,1-3H3,(H,17,18)/t13-/m1/s1. The van der Waals surface area contributed by atoms with E-state index in [1.165, 1.54) is 14.2 Å². The third-order valence-electron chi connectivity index (χ3n) is 3.29. The molecule has 1 aromatic rings. The number of amides is 1. The Labute approximate surface area is 129 Å². The van der Waals surface area contributed by atoms with Crippen molar-refractivity contribution in [1.82, 2.24) is 5.32 Å². The van der Waals surface area contributed by atoms with Gasteiger partial charge in [0.1, 0.15) is 6.04 Å². The average molecular weight is 307 g/mol. The Balaban J connectivity index is 2.69. The summed E-state index contributed by atoms with van der Waals surface area (Å²) in [6.07, 6.45) is 0.276. The number of aryl methyl sites for hydroxylation is 1. The molecule has 6 nitrogen and oxygen atoms in total. The van der Waals surface area contributed by atoms with Crippen LogP contribution in [0.2, 0.25) is 0 Å². The van der Waals surface area contributed by atoms with Crippen LogP contribution in [-0.2, 0) is 30.3 Å². The second-order valence-electron chi connectivity index (χ2n) is 4.85. The number of carbonyl (C=O) groups is 3. The lowest BCUT2D eigenvalue weighted by atomic mass is 10.0. The molecule has 0 spiro atoms. The van der Waals surface area contributed by atoms with E-state index in [1.54, 1.807) is 0 Å². The maximum atomic E-state index is 11.8. The summed E-state index contributed by atoms with van der Waals surface area (Å²) in [6.45, 7) is 1.93. The van der Waals surface area contributed by atoms with Crippen LogP contribution in [0, 0.1) is 6.92 Å². The van der Waals surface area contributed by atoms with Gasteiger partial charge in [-0.2, -0.15) is 0 Å². The van der Waals surface area contributed by atoms with Gasteiger partial charge in [-0.1, -0.05) is 24.3 Å². The molecule has 6 heteroatoms. The molecule has 1 aromatic carbocycles. The van der Waals surface area contributed by atoms with Crippen LogP contribution in [0.15, 0.2) is 24.3 Å². The summed E-state index contributed by atoms with van der Waals surface area (Å²) in [7, 11) is 2.53. The molecule has 1 atom stereocenters. The first kappa shape index (κ1) is 17.7. The minimum absolute atomic E-state index is 0.0272. The Hall–Kier alpha value is -2.37. The molecular weight excluding hydrogens is 286 g/mol. The molecule has 0 fully saturated rings. The molecule has 1 amide bonds. The number of rotatable bonds is 7. The lowest BCUT2D eigenvalue weighted by Gasteiger charge is -2.17. The molecule has 0 aliphatic rings. The van der Waals surface area contributed by atoms with E-state index in [9.17, 15) is 14.4 Å². The van der Waals surface area contributed by atoms with Crippen LogP contribution in [-0.4, -0.2) is 38.1 Å². The Morgan fingerprint density at radius 3 is 2.36 bits per heavy atom. The van der Waals surface area contributed by atoms with Crippen molar-refractivity contribution >= 4 is 17.8 Å². The Bertz CT molecular complexity index is 541. The summed E-state index contributed by atoms with van der Waals surface area (Å²) in [5, 5.41) is 2.60. The maximum absolute atomic E-state index is 11.8. The van der Waals surface area contributed by atoms with Crippen molar-refractivity contribution in [3.63, 3.8) is 0 Å². The summed E-state index contributed by atoms with van der Waals surface area (Å²) >= 11 is 0. The number of hydrogen-bond acceptors (Lipinski definition) is 5. The van der Waals surface area contributed by atoms with Crippen molar-refractivity contribution in [2.24, 2.45) is 0 Å². The van der Waals surface area contributed by atoms with Crippen molar-refractivity contribution in [1.29, 1.82) is 0 Å². The number of esters is 2. The van der Waals surface area contributed by atoms with Crippen LogP contribution in [0.4, 0.5) is 0 Å². The highest BCUT2D eigenvalue weighted by Gasteiger charge is 2.22. The SMILES string of the molecule is COC(=O)CCC(=O)N[C@H](Cc1ccccc1C)C(=O)OC. The van der Waals surface area contributed by atoms with Gasteiger partial charge in [0.05, 0.1) is 20.6 Å². The molecule has 0 bridgehead atoms. The van der Waals surface area contributed by atoms with Gasteiger partial charge in [0, 0.05) is 12.8 Å². The van der Waals surface area contributed by atoms with Crippen LogP contribution in [0.25, 0.3) is 0 Å². The average Bonchev–Trinajstić information content (AvgIpc) is 2.53. The van der Waals surface area contributed by atoms with Crippen LogP contribution in [0.3, 0.4) is 0 Å². The zero-order chi connectivity index (χ0) is 16.5. The van der Waals surface area contributed by atoms with Crippen LogP contribution in [0.5, 0.6) is 0 Å². The van der Waals surface area contributed by atoms with E-state index in [1.807, 2.05) is 31.2 Å². The molecule has 120 valence electrons. The quantitative estimate of drug-likeness (QED) is 0.764. The van der Waals surface area contributed by atoms with Gasteiger partial charge in [0.2, 0.25) is 5.91 Å². The van der Waals surface area contributed by atoms with Crippen molar-refractivity contribution < 1.29 is 23.9 Å². The monoisotopic (exact) mass is 307 g/mol. The van der Waals surface area contributed by atoms with E-state index in [0.717, 1.165) is 11.1 Å². The number of hydrogen-bond donors (Lipinski definition) is 1. The summed E-state index contributed by atoms with van der Waals surface area (Å²) in [5.41, 5.74) is 1.98. The topological polar surface area (TPSA) is 81.7 Å². The Kier molecular flexibility index (Phi) is 7.08. The molecular formula is C16H21NO5.